The number of nitriles is 2. The smallest absolute Gasteiger partial charge is 0.244 e. The summed E-state index contributed by atoms with van der Waals surface area (Å²) in [4.78, 5) is 8.20. The van der Waals surface area contributed by atoms with Gasteiger partial charge >= 0.3 is 0 Å². The van der Waals surface area contributed by atoms with Crippen molar-refractivity contribution < 1.29 is 8.42 Å². The molecule has 0 aliphatic rings. The van der Waals surface area contributed by atoms with Crippen LogP contribution >= 0.6 is 10.8 Å². The van der Waals surface area contributed by atoms with E-state index in [0.29, 0.717) is 33.3 Å². The fourth-order valence-electron chi connectivity index (χ4n) is 2.26. The molecule has 0 N–H and O–H groups in total. The molecule has 2 heterocycles. The van der Waals surface area contributed by atoms with Crippen LogP contribution in [-0.2, 0) is 8.87 Å². The quantitative estimate of drug-likeness (QED) is 0.776. The van der Waals surface area contributed by atoms with Crippen molar-refractivity contribution in [3.63, 3.8) is 0 Å². The molecule has 0 bridgehead atoms. The Labute approximate surface area is 144 Å². The molecule has 0 radical (unpaired) electrons. The number of nitrogens with zero attached hydrogens (tertiary/aromatic N) is 4. The van der Waals surface area contributed by atoms with Crippen LogP contribution in [0.4, 0.5) is 0 Å². The molecule has 0 atom stereocenters. The van der Waals surface area contributed by atoms with Crippen LogP contribution in [0.2, 0.25) is 0 Å². The second kappa shape index (κ2) is 6.60. The first kappa shape index (κ1) is 17.9. The van der Waals surface area contributed by atoms with E-state index < -0.39 is 8.87 Å². The van der Waals surface area contributed by atoms with Crippen molar-refractivity contribution in [2.45, 2.75) is 37.7 Å². The van der Waals surface area contributed by atoms with Crippen LogP contribution in [0.15, 0.2) is 22.2 Å². The number of hydrogen-bond acceptors (Lipinski definition) is 7. The lowest BCUT2D eigenvalue weighted by Gasteiger charge is -2.10. The molecule has 0 amide bonds. The summed E-state index contributed by atoms with van der Waals surface area (Å²) in [6.45, 7) is 6.76. The maximum Gasteiger partial charge on any atom is 0.254 e. The number of rotatable bonds is 3. The Balaban J connectivity index is 2.64. The van der Waals surface area contributed by atoms with Gasteiger partial charge in [-0.25, -0.2) is 18.4 Å². The molecule has 0 saturated carbocycles. The maximum absolute atomic E-state index is 12.8. The lowest BCUT2D eigenvalue weighted by molar-refractivity contribution is 0.606. The summed E-state index contributed by atoms with van der Waals surface area (Å²) in [5.41, 5.74) is 2.51. The summed E-state index contributed by atoms with van der Waals surface area (Å²) in [5, 5.41) is 18.4. The molecule has 122 valence electrons. The van der Waals surface area contributed by atoms with Gasteiger partial charge in [-0.05, 0) is 51.0 Å². The highest BCUT2D eigenvalue weighted by molar-refractivity contribution is 8.72. The second-order valence-electron chi connectivity index (χ2n) is 5.28. The fourth-order valence-corrected chi connectivity index (χ4v) is 5.32. The first-order valence-corrected chi connectivity index (χ1v) is 9.72. The summed E-state index contributed by atoms with van der Waals surface area (Å²) >= 11 is 0. The van der Waals surface area contributed by atoms with Crippen LogP contribution in [0.5, 0.6) is 0 Å². The normalized spacial score (nSPS) is 10.9. The van der Waals surface area contributed by atoms with E-state index in [1.54, 1.807) is 39.8 Å². The van der Waals surface area contributed by atoms with Crippen molar-refractivity contribution in [3.8, 4) is 12.1 Å². The summed E-state index contributed by atoms with van der Waals surface area (Å²) in [7, 11) is -3.55. The monoisotopic (exact) mass is 358 g/mol. The van der Waals surface area contributed by atoms with Gasteiger partial charge in [0.2, 0.25) is 0 Å². The predicted molar refractivity (Wildman–Crippen MR) is 89.9 cm³/mol. The third kappa shape index (κ3) is 3.40. The standard InChI is InChI=1S/C16H14N4O2S2/c1-9-5-11(3)19-15(13(9)7-17)23-24(21,22)16-14(8-18)10(2)6-12(4)20-16/h5-6H,1-4H3. The summed E-state index contributed by atoms with van der Waals surface area (Å²) < 4.78 is 25.6. The van der Waals surface area contributed by atoms with Gasteiger partial charge in [-0.1, -0.05) is 0 Å². The molecular weight excluding hydrogens is 344 g/mol. The van der Waals surface area contributed by atoms with Gasteiger partial charge in [0, 0.05) is 22.2 Å². The predicted octanol–water partition coefficient (Wildman–Crippen LogP) is 2.93. The Morgan fingerprint density at radius 1 is 0.917 bits per heavy atom. The van der Waals surface area contributed by atoms with Gasteiger partial charge in [0.25, 0.3) is 8.87 Å². The second-order valence-corrected chi connectivity index (χ2v) is 8.95. The zero-order valence-corrected chi connectivity index (χ0v) is 15.2. The van der Waals surface area contributed by atoms with E-state index in [-0.39, 0.29) is 21.2 Å². The zero-order valence-electron chi connectivity index (χ0n) is 13.6. The SMILES string of the molecule is Cc1cc(C)c(C#N)c(SS(=O)(=O)c2nc(C)cc(C)c2C#N)n1. The number of pyridine rings is 2. The topological polar surface area (TPSA) is 107 Å². The number of hydrogen-bond donors (Lipinski definition) is 0. The van der Waals surface area contributed by atoms with Crippen LogP contribution in [-0.4, -0.2) is 18.4 Å². The van der Waals surface area contributed by atoms with E-state index in [9.17, 15) is 18.9 Å². The Morgan fingerprint density at radius 3 is 1.96 bits per heavy atom. The van der Waals surface area contributed by atoms with Crippen LogP contribution in [0.1, 0.15) is 33.6 Å². The van der Waals surface area contributed by atoms with Crippen molar-refractivity contribution in [1.29, 1.82) is 10.5 Å². The third-order valence-electron chi connectivity index (χ3n) is 3.27. The molecule has 0 fully saturated rings. The molecule has 0 unspecified atom stereocenters. The zero-order chi connectivity index (χ0) is 18.1. The molecular formula is C16H14N4O2S2. The first-order chi connectivity index (χ1) is 11.2. The van der Waals surface area contributed by atoms with E-state index in [1.165, 1.54) is 0 Å². The molecule has 24 heavy (non-hydrogen) atoms. The van der Waals surface area contributed by atoms with Gasteiger partial charge in [0.15, 0.2) is 5.03 Å². The van der Waals surface area contributed by atoms with E-state index in [1.807, 2.05) is 12.1 Å². The highest BCUT2D eigenvalue weighted by atomic mass is 33.1. The van der Waals surface area contributed by atoms with Gasteiger partial charge in [-0.2, -0.15) is 10.5 Å². The van der Waals surface area contributed by atoms with Gasteiger partial charge in [0.05, 0.1) is 11.1 Å². The molecule has 2 aromatic heterocycles. The molecule has 0 saturated heterocycles. The molecule has 6 nitrogen and oxygen atoms in total. The van der Waals surface area contributed by atoms with E-state index in [2.05, 4.69) is 9.97 Å². The molecule has 0 spiro atoms. The van der Waals surface area contributed by atoms with E-state index >= 15 is 0 Å². The summed E-state index contributed by atoms with van der Waals surface area (Å²) in [6.07, 6.45) is 0. The van der Waals surface area contributed by atoms with Crippen molar-refractivity contribution in [3.05, 3.63) is 45.8 Å². The van der Waals surface area contributed by atoms with E-state index in [4.69, 9.17) is 0 Å². The van der Waals surface area contributed by atoms with Crippen LogP contribution in [0, 0.1) is 50.4 Å². The minimum Gasteiger partial charge on any atom is -0.244 e. The molecule has 0 aromatic carbocycles. The minimum absolute atomic E-state index is 0.0102. The molecule has 8 heteroatoms. The van der Waals surface area contributed by atoms with Crippen LogP contribution < -0.4 is 0 Å². The molecule has 2 aromatic rings. The third-order valence-corrected chi connectivity index (χ3v) is 6.32. The fraction of sp³-hybridized carbons (Fsp3) is 0.250. The van der Waals surface area contributed by atoms with Gasteiger partial charge < -0.3 is 0 Å². The van der Waals surface area contributed by atoms with Crippen molar-refractivity contribution in [1.82, 2.24) is 9.97 Å². The largest absolute Gasteiger partial charge is 0.254 e. The lowest BCUT2D eigenvalue weighted by atomic mass is 10.1. The number of aromatic nitrogens is 2. The Kier molecular flexibility index (Phi) is 4.93. The molecule has 0 aliphatic carbocycles. The highest BCUT2D eigenvalue weighted by Crippen LogP contribution is 2.34. The number of aryl methyl sites for hydroxylation is 4. The maximum atomic E-state index is 12.8. The van der Waals surface area contributed by atoms with Crippen molar-refractivity contribution >= 4 is 19.7 Å². The lowest BCUT2D eigenvalue weighted by Crippen LogP contribution is -2.07. The average Bonchev–Trinajstić information content (AvgIpc) is 2.45. The minimum atomic E-state index is -4.00. The van der Waals surface area contributed by atoms with Crippen molar-refractivity contribution in [2.75, 3.05) is 0 Å². The summed E-state index contributed by atoms with van der Waals surface area (Å²) in [5.74, 6) is 0. The molecule has 0 aliphatic heterocycles. The van der Waals surface area contributed by atoms with Gasteiger partial charge in [-0.15, -0.1) is 0 Å². The van der Waals surface area contributed by atoms with Gasteiger partial charge in [0.1, 0.15) is 17.2 Å². The highest BCUT2D eigenvalue weighted by Gasteiger charge is 2.27. The average molecular weight is 358 g/mol. The Bertz CT molecular complexity index is 1020. The van der Waals surface area contributed by atoms with E-state index in [0.717, 1.165) is 0 Å². The summed E-state index contributed by atoms with van der Waals surface area (Å²) in [6, 6.07) is 7.24. The van der Waals surface area contributed by atoms with Crippen LogP contribution in [0.25, 0.3) is 0 Å². The Morgan fingerprint density at radius 2 is 1.42 bits per heavy atom. The first-order valence-electron chi connectivity index (χ1n) is 6.90. The Hall–Kier alpha value is -2.42. The molecule has 2 rings (SSSR count). The van der Waals surface area contributed by atoms with Crippen molar-refractivity contribution in [2.24, 2.45) is 0 Å². The van der Waals surface area contributed by atoms with Gasteiger partial charge in [-0.3, -0.25) is 0 Å². The van der Waals surface area contributed by atoms with Crippen LogP contribution in [0.3, 0.4) is 0 Å².